The molecule has 0 saturated carbocycles. The zero-order chi connectivity index (χ0) is 14.6. The van der Waals surface area contributed by atoms with E-state index in [1.54, 1.807) is 0 Å². The van der Waals surface area contributed by atoms with Crippen molar-refractivity contribution in [1.29, 1.82) is 0 Å². The molecule has 0 atom stereocenters. The van der Waals surface area contributed by atoms with Crippen LogP contribution in [-0.4, -0.2) is 18.3 Å². The third kappa shape index (κ3) is 3.97. The summed E-state index contributed by atoms with van der Waals surface area (Å²) in [5.74, 6) is 0.942. The van der Waals surface area contributed by atoms with Crippen LogP contribution in [-0.2, 0) is 4.74 Å². The number of hydrogen-bond donors (Lipinski definition) is 0. The highest BCUT2D eigenvalue weighted by molar-refractivity contribution is 5.88. The van der Waals surface area contributed by atoms with Gasteiger partial charge in [-0.25, -0.2) is 0 Å². The van der Waals surface area contributed by atoms with E-state index in [1.807, 2.05) is 24.3 Å². The number of ether oxygens (including phenoxy) is 2. The zero-order valence-corrected chi connectivity index (χ0v) is 12.8. The average molecular weight is 272 g/mol. The van der Waals surface area contributed by atoms with Crippen molar-refractivity contribution in [3.8, 4) is 5.75 Å². The van der Waals surface area contributed by atoms with Crippen LogP contribution in [0.1, 0.15) is 34.1 Å². The quantitative estimate of drug-likeness (QED) is 0.751. The Labute approximate surface area is 121 Å². The van der Waals surface area contributed by atoms with Gasteiger partial charge in [-0.3, -0.25) is 0 Å². The Bertz CT molecular complexity index is 553. The molecule has 0 aliphatic carbocycles. The summed E-state index contributed by atoms with van der Waals surface area (Å²) < 4.78 is 11.8. The average Bonchev–Trinajstić information content (AvgIpc) is 2.38. The van der Waals surface area contributed by atoms with Crippen molar-refractivity contribution in [3.05, 3.63) is 42.5 Å². The van der Waals surface area contributed by atoms with Crippen molar-refractivity contribution >= 4 is 10.8 Å². The van der Waals surface area contributed by atoms with E-state index in [0.29, 0.717) is 0 Å². The van der Waals surface area contributed by atoms with Crippen LogP contribution in [0.5, 0.6) is 5.75 Å². The normalized spacial score (nSPS) is 12.1. The van der Waals surface area contributed by atoms with Crippen LogP contribution in [0.4, 0.5) is 0 Å². The Morgan fingerprint density at radius 3 is 2.45 bits per heavy atom. The van der Waals surface area contributed by atoms with Crippen molar-refractivity contribution in [2.45, 2.75) is 45.8 Å². The Balaban J connectivity index is 2.10. The van der Waals surface area contributed by atoms with Gasteiger partial charge in [0.05, 0.1) is 12.7 Å². The molecule has 0 radical (unpaired) electrons. The van der Waals surface area contributed by atoms with E-state index in [1.165, 1.54) is 5.39 Å². The first-order valence-electron chi connectivity index (χ1n) is 7.26. The molecule has 2 aromatic rings. The molecule has 108 valence electrons. The summed E-state index contributed by atoms with van der Waals surface area (Å²) in [6, 6.07) is 14.5. The summed E-state index contributed by atoms with van der Waals surface area (Å²) in [6.07, 6.45) is 1.14. The molecule has 2 rings (SSSR count). The lowest BCUT2D eigenvalue weighted by molar-refractivity contribution is 0.0238. The van der Waals surface area contributed by atoms with Crippen LogP contribution in [0, 0.1) is 0 Å². The summed E-state index contributed by atoms with van der Waals surface area (Å²) >= 11 is 0. The van der Waals surface area contributed by atoms with E-state index in [2.05, 4.69) is 45.9 Å². The van der Waals surface area contributed by atoms with Crippen LogP contribution < -0.4 is 4.74 Å². The highest BCUT2D eigenvalue weighted by atomic mass is 16.5. The fourth-order valence-electron chi connectivity index (χ4n) is 2.17. The van der Waals surface area contributed by atoms with Gasteiger partial charge in [0.15, 0.2) is 0 Å². The highest BCUT2D eigenvalue weighted by Gasteiger charge is 2.20. The SMILES string of the molecule is CC(C)OCCC(C)(C)Oc1cccc2ccccc12. The van der Waals surface area contributed by atoms with Crippen LogP contribution in [0.2, 0.25) is 0 Å². The van der Waals surface area contributed by atoms with Crippen molar-refractivity contribution in [3.63, 3.8) is 0 Å². The van der Waals surface area contributed by atoms with E-state index >= 15 is 0 Å². The third-order valence-electron chi connectivity index (χ3n) is 3.29. The lowest BCUT2D eigenvalue weighted by Gasteiger charge is -2.27. The molecule has 2 aromatic carbocycles. The van der Waals surface area contributed by atoms with Crippen LogP contribution in [0.25, 0.3) is 10.8 Å². The molecule has 20 heavy (non-hydrogen) atoms. The van der Waals surface area contributed by atoms with Gasteiger partial charge < -0.3 is 9.47 Å². The minimum atomic E-state index is -0.237. The minimum absolute atomic E-state index is 0.237. The van der Waals surface area contributed by atoms with E-state index in [-0.39, 0.29) is 11.7 Å². The molecule has 0 bridgehead atoms. The summed E-state index contributed by atoms with van der Waals surface area (Å²) in [4.78, 5) is 0. The number of fused-ring (bicyclic) bond motifs is 1. The molecular weight excluding hydrogens is 248 g/mol. The van der Waals surface area contributed by atoms with Crippen molar-refractivity contribution in [2.75, 3.05) is 6.61 Å². The molecule has 0 heterocycles. The Morgan fingerprint density at radius 2 is 1.70 bits per heavy atom. The largest absolute Gasteiger partial charge is 0.487 e. The number of rotatable bonds is 6. The third-order valence-corrected chi connectivity index (χ3v) is 3.29. The van der Waals surface area contributed by atoms with Gasteiger partial charge in [0.25, 0.3) is 0 Å². The first kappa shape index (κ1) is 14.9. The molecule has 0 N–H and O–H groups in total. The fourth-order valence-corrected chi connectivity index (χ4v) is 2.17. The summed E-state index contributed by atoms with van der Waals surface area (Å²) in [7, 11) is 0. The summed E-state index contributed by atoms with van der Waals surface area (Å²) in [5.41, 5.74) is -0.237. The second-order valence-corrected chi connectivity index (χ2v) is 6.01. The van der Waals surface area contributed by atoms with Gasteiger partial charge in [-0.15, -0.1) is 0 Å². The fraction of sp³-hybridized carbons (Fsp3) is 0.444. The molecule has 0 saturated heterocycles. The van der Waals surface area contributed by atoms with Gasteiger partial charge in [-0.05, 0) is 39.1 Å². The number of benzene rings is 2. The smallest absolute Gasteiger partial charge is 0.127 e. The Morgan fingerprint density at radius 1 is 1.00 bits per heavy atom. The van der Waals surface area contributed by atoms with E-state index < -0.39 is 0 Å². The van der Waals surface area contributed by atoms with Crippen LogP contribution in [0.3, 0.4) is 0 Å². The van der Waals surface area contributed by atoms with Gasteiger partial charge in [0.2, 0.25) is 0 Å². The summed E-state index contributed by atoms with van der Waals surface area (Å²) in [6.45, 7) is 9.05. The van der Waals surface area contributed by atoms with Crippen LogP contribution >= 0.6 is 0 Å². The highest BCUT2D eigenvalue weighted by Crippen LogP contribution is 2.29. The van der Waals surface area contributed by atoms with Gasteiger partial charge >= 0.3 is 0 Å². The maximum atomic E-state index is 6.22. The van der Waals surface area contributed by atoms with Crippen LogP contribution in [0.15, 0.2) is 42.5 Å². The molecule has 0 aliphatic heterocycles. The van der Waals surface area contributed by atoms with Gasteiger partial charge in [-0.2, -0.15) is 0 Å². The zero-order valence-electron chi connectivity index (χ0n) is 12.8. The Kier molecular flexibility index (Phi) is 4.66. The van der Waals surface area contributed by atoms with Gasteiger partial charge in [0.1, 0.15) is 11.4 Å². The first-order chi connectivity index (χ1) is 9.48. The van der Waals surface area contributed by atoms with Crippen molar-refractivity contribution in [1.82, 2.24) is 0 Å². The minimum Gasteiger partial charge on any atom is -0.487 e. The van der Waals surface area contributed by atoms with Crippen molar-refractivity contribution < 1.29 is 9.47 Å². The van der Waals surface area contributed by atoms with Gasteiger partial charge in [-0.1, -0.05) is 36.4 Å². The number of hydrogen-bond acceptors (Lipinski definition) is 2. The van der Waals surface area contributed by atoms with Crippen molar-refractivity contribution in [2.24, 2.45) is 0 Å². The molecule has 0 aromatic heterocycles. The maximum absolute atomic E-state index is 6.22. The molecule has 0 spiro atoms. The topological polar surface area (TPSA) is 18.5 Å². The van der Waals surface area contributed by atoms with Gasteiger partial charge in [0, 0.05) is 11.8 Å². The monoisotopic (exact) mass is 272 g/mol. The maximum Gasteiger partial charge on any atom is 0.127 e. The standard InChI is InChI=1S/C18H24O2/c1-14(2)19-13-12-18(3,4)20-17-11-7-9-15-8-5-6-10-16(15)17/h5-11,14H,12-13H2,1-4H3. The molecular formula is C18H24O2. The molecule has 2 heteroatoms. The molecule has 0 unspecified atom stereocenters. The molecule has 0 fully saturated rings. The first-order valence-corrected chi connectivity index (χ1v) is 7.26. The van der Waals surface area contributed by atoms with E-state index in [4.69, 9.17) is 9.47 Å². The lowest BCUT2D eigenvalue weighted by Crippen LogP contribution is -2.30. The summed E-state index contributed by atoms with van der Waals surface area (Å²) in [5, 5.41) is 2.37. The Hall–Kier alpha value is -1.54. The second-order valence-electron chi connectivity index (χ2n) is 6.01. The second kappa shape index (κ2) is 6.27. The molecule has 2 nitrogen and oxygen atoms in total. The predicted octanol–water partition coefficient (Wildman–Crippen LogP) is 4.81. The predicted molar refractivity (Wildman–Crippen MR) is 84.4 cm³/mol. The lowest BCUT2D eigenvalue weighted by atomic mass is 10.0. The molecule has 0 amide bonds. The van der Waals surface area contributed by atoms with E-state index in [0.717, 1.165) is 24.2 Å². The molecule has 0 aliphatic rings. The van der Waals surface area contributed by atoms with E-state index in [9.17, 15) is 0 Å².